The smallest absolute Gasteiger partial charge is 0.240 e. The van der Waals surface area contributed by atoms with Crippen molar-refractivity contribution in [3.8, 4) is 0 Å². The van der Waals surface area contributed by atoms with Crippen molar-refractivity contribution in [1.29, 1.82) is 0 Å². The Morgan fingerprint density at radius 1 is 1.25 bits per heavy atom. The SMILES string of the molecule is CS(=O)(=O)Cc1noc(CN(C2CC2)C2CCc3ccccc32)n1. The summed E-state index contributed by atoms with van der Waals surface area (Å²) in [6, 6.07) is 9.56. The number of hydrogen-bond donors (Lipinski definition) is 0. The van der Waals surface area contributed by atoms with Crippen LogP contribution in [0.5, 0.6) is 0 Å². The quantitative estimate of drug-likeness (QED) is 0.798. The van der Waals surface area contributed by atoms with E-state index in [1.807, 2.05) is 0 Å². The summed E-state index contributed by atoms with van der Waals surface area (Å²) in [6.07, 6.45) is 5.79. The lowest BCUT2D eigenvalue weighted by Crippen LogP contribution is -2.29. The van der Waals surface area contributed by atoms with Crippen LogP contribution in [0.4, 0.5) is 0 Å². The van der Waals surface area contributed by atoms with Gasteiger partial charge in [0, 0.05) is 18.3 Å². The second-order valence-electron chi connectivity index (χ2n) is 6.83. The lowest BCUT2D eigenvalue weighted by molar-refractivity contribution is 0.154. The van der Waals surface area contributed by atoms with Crippen LogP contribution < -0.4 is 0 Å². The van der Waals surface area contributed by atoms with Crippen molar-refractivity contribution >= 4 is 9.84 Å². The van der Waals surface area contributed by atoms with Crippen LogP contribution in [-0.4, -0.2) is 35.8 Å². The first kappa shape index (κ1) is 15.8. The summed E-state index contributed by atoms with van der Waals surface area (Å²) in [6.45, 7) is 0.584. The molecule has 24 heavy (non-hydrogen) atoms. The Labute approximate surface area is 141 Å². The molecule has 1 saturated carbocycles. The molecule has 1 aromatic heterocycles. The van der Waals surface area contributed by atoms with Crippen LogP contribution in [0.2, 0.25) is 0 Å². The molecule has 4 rings (SSSR count). The van der Waals surface area contributed by atoms with Gasteiger partial charge in [-0.1, -0.05) is 29.4 Å². The van der Waals surface area contributed by atoms with Crippen LogP contribution >= 0.6 is 0 Å². The second-order valence-corrected chi connectivity index (χ2v) is 8.97. The molecule has 1 unspecified atom stereocenters. The molecule has 0 radical (unpaired) electrons. The van der Waals surface area contributed by atoms with E-state index < -0.39 is 9.84 Å². The summed E-state index contributed by atoms with van der Waals surface area (Å²) >= 11 is 0. The summed E-state index contributed by atoms with van der Waals surface area (Å²) in [5.41, 5.74) is 2.83. The van der Waals surface area contributed by atoms with Crippen molar-refractivity contribution in [2.75, 3.05) is 6.26 Å². The van der Waals surface area contributed by atoms with E-state index in [-0.39, 0.29) is 11.6 Å². The van der Waals surface area contributed by atoms with E-state index in [0.717, 1.165) is 12.8 Å². The molecule has 1 heterocycles. The zero-order valence-electron chi connectivity index (χ0n) is 13.7. The van der Waals surface area contributed by atoms with E-state index in [2.05, 4.69) is 39.3 Å². The molecule has 0 bridgehead atoms. The average molecular weight is 347 g/mol. The molecule has 6 nitrogen and oxygen atoms in total. The molecular formula is C17H21N3O3S. The van der Waals surface area contributed by atoms with Gasteiger partial charge in [0.05, 0.1) is 6.54 Å². The molecule has 0 N–H and O–H groups in total. The summed E-state index contributed by atoms with van der Waals surface area (Å²) in [5, 5.41) is 3.81. The van der Waals surface area contributed by atoms with Crippen LogP contribution in [0.3, 0.4) is 0 Å². The largest absolute Gasteiger partial charge is 0.338 e. The number of aryl methyl sites for hydroxylation is 1. The number of benzene rings is 1. The number of sulfone groups is 1. The van der Waals surface area contributed by atoms with Gasteiger partial charge in [-0.25, -0.2) is 8.42 Å². The summed E-state index contributed by atoms with van der Waals surface area (Å²) in [5.74, 6) is 0.576. The minimum absolute atomic E-state index is 0.174. The highest BCUT2D eigenvalue weighted by molar-refractivity contribution is 7.89. The van der Waals surface area contributed by atoms with Gasteiger partial charge in [0.2, 0.25) is 5.89 Å². The van der Waals surface area contributed by atoms with E-state index in [4.69, 9.17) is 4.52 Å². The van der Waals surface area contributed by atoms with Gasteiger partial charge in [0.1, 0.15) is 5.75 Å². The van der Waals surface area contributed by atoms with Crippen LogP contribution in [0, 0.1) is 0 Å². The molecule has 0 aliphatic heterocycles. The lowest BCUT2D eigenvalue weighted by atomic mass is 10.1. The third-order valence-electron chi connectivity index (χ3n) is 4.74. The van der Waals surface area contributed by atoms with Gasteiger partial charge in [-0.3, -0.25) is 4.90 Å². The Kier molecular flexibility index (Phi) is 3.92. The maximum Gasteiger partial charge on any atom is 0.240 e. The van der Waals surface area contributed by atoms with Crippen LogP contribution in [-0.2, 0) is 28.6 Å². The third kappa shape index (κ3) is 3.37. The molecule has 2 aliphatic carbocycles. The Bertz CT molecular complexity index is 842. The predicted octanol–water partition coefficient (Wildman–Crippen LogP) is 2.27. The normalized spacial score (nSPS) is 20.5. The molecule has 2 aromatic rings. The van der Waals surface area contributed by atoms with E-state index in [9.17, 15) is 8.42 Å². The fourth-order valence-electron chi connectivity index (χ4n) is 3.58. The van der Waals surface area contributed by atoms with Gasteiger partial charge in [-0.05, 0) is 36.8 Å². The van der Waals surface area contributed by atoms with Crippen LogP contribution in [0.15, 0.2) is 28.8 Å². The van der Waals surface area contributed by atoms with Crippen molar-refractivity contribution < 1.29 is 12.9 Å². The standard InChI is InChI=1S/C17H21N3O3S/c1-24(21,22)11-16-18-17(23-19-16)10-20(13-7-8-13)15-9-6-12-4-2-3-5-14(12)15/h2-5,13,15H,6-11H2,1H3. The maximum absolute atomic E-state index is 11.4. The van der Waals surface area contributed by atoms with Crippen molar-refractivity contribution in [3.63, 3.8) is 0 Å². The highest BCUT2D eigenvalue weighted by Gasteiger charge is 2.38. The first-order chi connectivity index (χ1) is 11.5. The second kappa shape index (κ2) is 5.97. The van der Waals surface area contributed by atoms with E-state index in [1.54, 1.807) is 0 Å². The zero-order valence-corrected chi connectivity index (χ0v) is 14.5. The summed E-state index contributed by atoms with van der Waals surface area (Å²) < 4.78 is 28.0. The molecule has 128 valence electrons. The van der Waals surface area contributed by atoms with Gasteiger partial charge in [-0.15, -0.1) is 0 Å². The Hall–Kier alpha value is -1.73. The number of hydrogen-bond acceptors (Lipinski definition) is 6. The Morgan fingerprint density at radius 2 is 2.04 bits per heavy atom. The molecule has 1 atom stereocenters. The van der Waals surface area contributed by atoms with Gasteiger partial charge >= 0.3 is 0 Å². The first-order valence-corrected chi connectivity index (χ1v) is 10.4. The van der Waals surface area contributed by atoms with E-state index in [1.165, 1.54) is 30.2 Å². The zero-order chi connectivity index (χ0) is 16.7. The molecule has 0 amide bonds. The summed E-state index contributed by atoms with van der Waals surface area (Å²) in [4.78, 5) is 6.72. The van der Waals surface area contributed by atoms with E-state index >= 15 is 0 Å². The van der Waals surface area contributed by atoms with Gasteiger partial charge in [0.25, 0.3) is 0 Å². The van der Waals surface area contributed by atoms with Gasteiger partial charge < -0.3 is 4.52 Å². The topological polar surface area (TPSA) is 76.3 Å². The molecule has 2 aliphatic rings. The number of fused-ring (bicyclic) bond motifs is 1. The molecule has 1 aromatic carbocycles. The summed E-state index contributed by atoms with van der Waals surface area (Å²) in [7, 11) is -3.15. The predicted molar refractivity (Wildman–Crippen MR) is 88.9 cm³/mol. The fraction of sp³-hybridized carbons (Fsp3) is 0.529. The Balaban J connectivity index is 1.53. The third-order valence-corrected chi connectivity index (χ3v) is 5.52. The number of rotatable bonds is 6. The van der Waals surface area contributed by atoms with Crippen molar-refractivity contribution in [1.82, 2.24) is 15.0 Å². The monoisotopic (exact) mass is 347 g/mol. The average Bonchev–Trinajstić information content (AvgIpc) is 3.13. The molecule has 0 spiro atoms. The van der Waals surface area contributed by atoms with Crippen molar-refractivity contribution in [3.05, 3.63) is 47.1 Å². The van der Waals surface area contributed by atoms with Gasteiger partial charge in [0.15, 0.2) is 15.7 Å². The molecule has 1 fully saturated rings. The van der Waals surface area contributed by atoms with Crippen molar-refractivity contribution in [2.45, 2.75) is 50.1 Å². The van der Waals surface area contributed by atoms with E-state index in [0.29, 0.717) is 24.5 Å². The Morgan fingerprint density at radius 3 is 2.79 bits per heavy atom. The van der Waals surface area contributed by atoms with Crippen LogP contribution in [0.25, 0.3) is 0 Å². The number of aromatic nitrogens is 2. The first-order valence-electron chi connectivity index (χ1n) is 8.32. The van der Waals surface area contributed by atoms with Crippen molar-refractivity contribution in [2.24, 2.45) is 0 Å². The fourth-order valence-corrected chi connectivity index (χ4v) is 4.17. The molecular weight excluding hydrogens is 326 g/mol. The number of nitrogens with zero attached hydrogens (tertiary/aromatic N) is 3. The lowest BCUT2D eigenvalue weighted by Gasteiger charge is -2.28. The minimum atomic E-state index is -3.15. The highest BCUT2D eigenvalue weighted by atomic mass is 32.2. The highest BCUT2D eigenvalue weighted by Crippen LogP contribution is 2.42. The van der Waals surface area contributed by atoms with Gasteiger partial charge in [-0.2, -0.15) is 4.98 Å². The van der Waals surface area contributed by atoms with Crippen LogP contribution in [0.1, 0.15) is 48.1 Å². The molecule has 0 saturated heterocycles. The molecule has 7 heteroatoms. The maximum atomic E-state index is 11.4. The minimum Gasteiger partial charge on any atom is -0.338 e.